The number of carbonyl (C=O) groups is 2. The predicted octanol–water partition coefficient (Wildman–Crippen LogP) is 1.69. The summed E-state index contributed by atoms with van der Waals surface area (Å²) in [5, 5.41) is 10.8. The van der Waals surface area contributed by atoms with Crippen molar-refractivity contribution in [2.45, 2.75) is 12.8 Å². The van der Waals surface area contributed by atoms with Gasteiger partial charge < -0.3 is 14.7 Å². The molecule has 0 aromatic carbocycles. The second-order valence-electron chi connectivity index (χ2n) is 4.28. The molecule has 0 saturated carbocycles. The number of carboxylic acid groups (broad SMARTS) is 1. The van der Waals surface area contributed by atoms with E-state index in [0.29, 0.717) is 30.1 Å². The van der Waals surface area contributed by atoms with Gasteiger partial charge in [0, 0.05) is 24.5 Å². The third-order valence-corrected chi connectivity index (χ3v) is 3.98. The SMILES string of the molecule is COc1csc(C(=O)N2CCC[C@@H](C(=O)O)C2)c1. The summed E-state index contributed by atoms with van der Waals surface area (Å²) in [6, 6.07) is 1.69. The summed E-state index contributed by atoms with van der Waals surface area (Å²) >= 11 is 1.32. The molecule has 98 valence electrons. The number of carboxylic acids is 1. The molecule has 1 saturated heterocycles. The van der Waals surface area contributed by atoms with Crippen molar-refractivity contribution in [1.82, 2.24) is 4.90 Å². The lowest BCUT2D eigenvalue weighted by Crippen LogP contribution is -2.42. The van der Waals surface area contributed by atoms with E-state index in [9.17, 15) is 9.59 Å². The molecular weight excluding hydrogens is 254 g/mol. The van der Waals surface area contributed by atoms with Crippen LogP contribution in [-0.2, 0) is 4.79 Å². The molecule has 0 unspecified atom stereocenters. The molecule has 1 aromatic heterocycles. The molecule has 0 aliphatic carbocycles. The standard InChI is InChI=1S/C12H15NO4S/c1-17-9-5-10(18-7-9)11(14)13-4-2-3-8(6-13)12(15)16/h5,7-8H,2-4,6H2,1H3,(H,15,16)/t8-/m1/s1. The number of piperidine rings is 1. The zero-order valence-electron chi connectivity index (χ0n) is 10.1. The molecule has 18 heavy (non-hydrogen) atoms. The molecule has 1 atom stereocenters. The lowest BCUT2D eigenvalue weighted by atomic mass is 9.98. The molecule has 1 fully saturated rings. The largest absolute Gasteiger partial charge is 0.496 e. The van der Waals surface area contributed by atoms with Crippen LogP contribution in [0.15, 0.2) is 11.4 Å². The molecule has 2 rings (SSSR count). The molecule has 0 radical (unpaired) electrons. The normalized spacial score (nSPS) is 19.6. The number of ether oxygens (including phenoxy) is 1. The molecule has 1 N–H and O–H groups in total. The molecule has 1 amide bonds. The highest BCUT2D eigenvalue weighted by Gasteiger charge is 2.29. The Bertz CT molecular complexity index is 457. The van der Waals surface area contributed by atoms with Gasteiger partial charge >= 0.3 is 5.97 Å². The summed E-state index contributed by atoms with van der Waals surface area (Å²) in [7, 11) is 1.55. The van der Waals surface area contributed by atoms with Gasteiger partial charge in [0.15, 0.2) is 0 Å². The van der Waals surface area contributed by atoms with Gasteiger partial charge in [-0.05, 0) is 12.8 Å². The Balaban J connectivity index is 2.06. The highest BCUT2D eigenvalue weighted by molar-refractivity contribution is 7.12. The van der Waals surface area contributed by atoms with E-state index in [0.717, 1.165) is 6.42 Å². The van der Waals surface area contributed by atoms with Crippen molar-refractivity contribution >= 4 is 23.2 Å². The van der Waals surface area contributed by atoms with E-state index in [1.165, 1.54) is 11.3 Å². The van der Waals surface area contributed by atoms with Gasteiger partial charge in [-0.1, -0.05) is 0 Å². The van der Waals surface area contributed by atoms with E-state index in [4.69, 9.17) is 9.84 Å². The first-order valence-corrected chi connectivity index (χ1v) is 6.64. The quantitative estimate of drug-likeness (QED) is 0.906. The van der Waals surface area contributed by atoms with E-state index in [2.05, 4.69) is 0 Å². The minimum atomic E-state index is -0.823. The van der Waals surface area contributed by atoms with Crippen LogP contribution in [0.25, 0.3) is 0 Å². The fourth-order valence-corrected chi connectivity index (χ4v) is 2.88. The summed E-state index contributed by atoms with van der Waals surface area (Å²) in [5.74, 6) is -0.704. The van der Waals surface area contributed by atoms with Gasteiger partial charge in [0.25, 0.3) is 5.91 Å². The Morgan fingerprint density at radius 1 is 1.56 bits per heavy atom. The summed E-state index contributed by atoms with van der Waals surface area (Å²) in [5.41, 5.74) is 0. The van der Waals surface area contributed by atoms with Gasteiger partial charge in [0.05, 0.1) is 17.9 Å². The van der Waals surface area contributed by atoms with Gasteiger partial charge in [-0.3, -0.25) is 9.59 Å². The Labute approximate surface area is 109 Å². The molecular formula is C12H15NO4S. The molecule has 0 spiro atoms. The first-order valence-electron chi connectivity index (χ1n) is 5.76. The highest BCUT2D eigenvalue weighted by atomic mass is 32.1. The van der Waals surface area contributed by atoms with Crippen LogP contribution in [0.2, 0.25) is 0 Å². The molecule has 0 bridgehead atoms. The second-order valence-corrected chi connectivity index (χ2v) is 5.19. The smallest absolute Gasteiger partial charge is 0.308 e. The lowest BCUT2D eigenvalue weighted by Gasteiger charge is -2.30. The number of methoxy groups -OCH3 is 1. The highest BCUT2D eigenvalue weighted by Crippen LogP contribution is 2.25. The molecule has 1 aliphatic heterocycles. The van der Waals surface area contributed by atoms with Crippen LogP contribution in [0.3, 0.4) is 0 Å². The van der Waals surface area contributed by atoms with Crippen LogP contribution in [0.5, 0.6) is 5.75 Å². The summed E-state index contributed by atoms with van der Waals surface area (Å²) in [6.07, 6.45) is 1.39. The minimum Gasteiger partial charge on any atom is -0.496 e. The van der Waals surface area contributed by atoms with Crippen molar-refractivity contribution in [2.75, 3.05) is 20.2 Å². The van der Waals surface area contributed by atoms with Gasteiger partial charge in [0.1, 0.15) is 5.75 Å². The first kappa shape index (κ1) is 12.9. The van der Waals surface area contributed by atoms with Crippen LogP contribution in [0.4, 0.5) is 0 Å². The predicted molar refractivity (Wildman–Crippen MR) is 67.1 cm³/mol. The summed E-state index contributed by atoms with van der Waals surface area (Å²) in [4.78, 5) is 25.4. The van der Waals surface area contributed by atoms with Crippen LogP contribution < -0.4 is 4.74 Å². The van der Waals surface area contributed by atoms with Crippen LogP contribution in [0.1, 0.15) is 22.5 Å². The third-order valence-electron chi connectivity index (χ3n) is 3.08. The van der Waals surface area contributed by atoms with E-state index in [1.807, 2.05) is 0 Å². The number of hydrogen-bond donors (Lipinski definition) is 1. The molecule has 2 heterocycles. The van der Waals surface area contributed by atoms with Crippen molar-refractivity contribution in [3.05, 3.63) is 16.3 Å². The maximum absolute atomic E-state index is 12.2. The zero-order chi connectivity index (χ0) is 13.1. The van der Waals surface area contributed by atoms with Gasteiger partial charge in [0.2, 0.25) is 0 Å². The number of amides is 1. The third kappa shape index (κ3) is 2.64. The van der Waals surface area contributed by atoms with E-state index < -0.39 is 11.9 Å². The number of likely N-dealkylation sites (tertiary alicyclic amines) is 1. The molecule has 1 aromatic rings. The average Bonchev–Trinajstić information content (AvgIpc) is 2.86. The molecule has 5 nitrogen and oxygen atoms in total. The number of nitrogens with zero attached hydrogens (tertiary/aromatic N) is 1. The number of carbonyl (C=O) groups excluding carboxylic acids is 1. The summed E-state index contributed by atoms with van der Waals surface area (Å²) < 4.78 is 5.04. The first-order chi connectivity index (χ1) is 8.61. The Morgan fingerprint density at radius 2 is 2.33 bits per heavy atom. The maximum atomic E-state index is 12.2. The van der Waals surface area contributed by atoms with E-state index >= 15 is 0 Å². The van der Waals surface area contributed by atoms with Crippen molar-refractivity contribution in [2.24, 2.45) is 5.92 Å². The van der Waals surface area contributed by atoms with Crippen molar-refractivity contribution in [3.63, 3.8) is 0 Å². The van der Waals surface area contributed by atoms with Crippen molar-refractivity contribution in [1.29, 1.82) is 0 Å². The molecule has 1 aliphatic rings. The Morgan fingerprint density at radius 3 is 2.94 bits per heavy atom. The number of thiophene rings is 1. The second kappa shape index (κ2) is 5.39. The van der Waals surface area contributed by atoms with E-state index in [1.54, 1.807) is 23.5 Å². The van der Waals surface area contributed by atoms with Crippen LogP contribution in [0, 0.1) is 5.92 Å². The molecule has 6 heteroatoms. The monoisotopic (exact) mass is 269 g/mol. The van der Waals surface area contributed by atoms with Gasteiger partial charge in [-0.25, -0.2) is 0 Å². The topological polar surface area (TPSA) is 66.8 Å². The van der Waals surface area contributed by atoms with Crippen molar-refractivity contribution in [3.8, 4) is 5.75 Å². The fourth-order valence-electron chi connectivity index (χ4n) is 2.06. The summed E-state index contributed by atoms with van der Waals surface area (Å²) in [6.45, 7) is 0.928. The van der Waals surface area contributed by atoms with E-state index in [-0.39, 0.29) is 5.91 Å². The lowest BCUT2D eigenvalue weighted by molar-refractivity contribution is -0.143. The Kier molecular flexibility index (Phi) is 3.86. The Hall–Kier alpha value is -1.56. The fraction of sp³-hybridized carbons (Fsp3) is 0.500. The number of rotatable bonds is 3. The maximum Gasteiger partial charge on any atom is 0.308 e. The zero-order valence-corrected chi connectivity index (χ0v) is 10.9. The average molecular weight is 269 g/mol. The van der Waals surface area contributed by atoms with Crippen molar-refractivity contribution < 1.29 is 19.4 Å². The van der Waals surface area contributed by atoms with Gasteiger partial charge in [-0.2, -0.15) is 0 Å². The number of aliphatic carboxylic acids is 1. The van der Waals surface area contributed by atoms with Crippen LogP contribution >= 0.6 is 11.3 Å². The van der Waals surface area contributed by atoms with Gasteiger partial charge in [-0.15, -0.1) is 11.3 Å². The number of hydrogen-bond acceptors (Lipinski definition) is 4. The minimum absolute atomic E-state index is 0.103. The van der Waals surface area contributed by atoms with Crippen LogP contribution in [-0.4, -0.2) is 42.1 Å².